The third kappa shape index (κ3) is 1.79. The summed E-state index contributed by atoms with van der Waals surface area (Å²) in [4.78, 5) is 2.56. The number of nitrogens with zero attached hydrogens (tertiary/aromatic N) is 3. The SMILES string of the molecule is c1cnn(C2CC(N3CCOCC3)C2)c1. The average molecular weight is 207 g/mol. The zero-order valence-electron chi connectivity index (χ0n) is 8.88. The van der Waals surface area contributed by atoms with Crippen LogP contribution in [0.5, 0.6) is 0 Å². The molecular formula is C11H17N3O. The fraction of sp³-hybridized carbons (Fsp3) is 0.727. The van der Waals surface area contributed by atoms with E-state index in [4.69, 9.17) is 4.74 Å². The lowest BCUT2D eigenvalue weighted by atomic mass is 9.85. The van der Waals surface area contributed by atoms with Crippen molar-refractivity contribution in [2.45, 2.75) is 24.9 Å². The van der Waals surface area contributed by atoms with Crippen LogP contribution >= 0.6 is 0 Å². The van der Waals surface area contributed by atoms with Gasteiger partial charge in [0.1, 0.15) is 0 Å². The molecule has 1 saturated heterocycles. The van der Waals surface area contributed by atoms with E-state index in [0.717, 1.165) is 32.3 Å². The summed E-state index contributed by atoms with van der Waals surface area (Å²) in [6.45, 7) is 4.03. The Morgan fingerprint density at radius 1 is 1.13 bits per heavy atom. The molecule has 0 radical (unpaired) electrons. The molecule has 1 aliphatic carbocycles. The summed E-state index contributed by atoms with van der Waals surface area (Å²) in [7, 11) is 0. The summed E-state index contributed by atoms with van der Waals surface area (Å²) >= 11 is 0. The summed E-state index contributed by atoms with van der Waals surface area (Å²) in [5, 5.41) is 4.29. The molecule has 0 spiro atoms. The van der Waals surface area contributed by atoms with Gasteiger partial charge >= 0.3 is 0 Å². The van der Waals surface area contributed by atoms with Gasteiger partial charge in [0, 0.05) is 31.5 Å². The predicted molar refractivity (Wildman–Crippen MR) is 56.7 cm³/mol. The number of ether oxygens (including phenoxy) is 1. The van der Waals surface area contributed by atoms with Gasteiger partial charge in [-0.05, 0) is 18.9 Å². The minimum absolute atomic E-state index is 0.632. The van der Waals surface area contributed by atoms with Crippen LogP contribution in [-0.4, -0.2) is 47.0 Å². The van der Waals surface area contributed by atoms with E-state index in [-0.39, 0.29) is 0 Å². The van der Waals surface area contributed by atoms with Crippen LogP contribution in [0.3, 0.4) is 0 Å². The molecule has 2 aliphatic rings. The minimum atomic E-state index is 0.632. The first kappa shape index (κ1) is 9.36. The van der Waals surface area contributed by atoms with Crippen molar-refractivity contribution in [3.05, 3.63) is 18.5 Å². The smallest absolute Gasteiger partial charge is 0.0594 e. The topological polar surface area (TPSA) is 30.3 Å². The van der Waals surface area contributed by atoms with Gasteiger partial charge in [-0.3, -0.25) is 9.58 Å². The van der Waals surface area contributed by atoms with Crippen LogP contribution in [0, 0.1) is 0 Å². The second-order valence-corrected chi connectivity index (χ2v) is 4.41. The molecule has 0 bridgehead atoms. The summed E-state index contributed by atoms with van der Waals surface area (Å²) in [6.07, 6.45) is 6.44. The van der Waals surface area contributed by atoms with Crippen molar-refractivity contribution < 1.29 is 4.74 Å². The maximum Gasteiger partial charge on any atom is 0.0594 e. The lowest BCUT2D eigenvalue weighted by Crippen LogP contribution is -2.50. The molecule has 0 aromatic carbocycles. The summed E-state index contributed by atoms with van der Waals surface area (Å²) < 4.78 is 7.45. The maximum absolute atomic E-state index is 5.36. The monoisotopic (exact) mass is 207 g/mol. The first-order valence-electron chi connectivity index (χ1n) is 5.74. The average Bonchev–Trinajstić information content (AvgIpc) is 2.70. The Hall–Kier alpha value is -0.870. The van der Waals surface area contributed by atoms with E-state index in [9.17, 15) is 0 Å². The van der Waals surface area contributed by atoms with Crippen molar-refractivity contribution in [1.82, 2.24) is 14.7 Å². The molecule has 2 fully saturated rings. The van der Waals surface area contributed by atoms with Crippen molar-refractivity contribution in [3.8, 4) is 0 Å². The molecule has 0 amide bonds. The molecule has 1 aromatic rings. The Morgan fingerprint density at radius 2 is 1.93 bits per heavy atom. The normalized spacial score (nSPS) is 32.5. The van der Waals surface area contributed by atoms with Gasteiger partial charge in [0.05, 0.1) is 19.3 Å². The maximum atomic E-state index is 5.36. The molecule has 4 nitrogen and oxygen atoms in total. The van der Waals surface area contributed by atoms with Gasteiger partial charge in [0.25, 0.3) is 0 Å². The Bertz CT molecular complexity index is 300. The first-order chi connectivity index (χ1) is 7.43. The highest BCUT2D eigenvalue weighted by Gasteiger charge is 2.35. The summed E-state index contributed by atoms with van der Waals surface area (Å²) in [5.41, 5.74) is 0. The third-order valence-electron chi connectivity index (χ3n) is 3.55. The highest BCUT2D eigenvalue weighted by molar-refractivity contribution is 4.93. The Kier molecular flexibility index (Phi) is 2.46. The van der Waals surface area contributed by atoms with Gasteiger partial charge in [-0.1, -0.05) is 0 Å². The number of hydrogen-bond acceptors (Lipinski definition) is 3. The second-order valence-electron chi connectivity index (χ2n) is 4.41. The van der Waals surface area contributed by atoms with E-state index in [0.29, 0.717) is 6.04 Å². The van der Waals surface area contributed by atoms with Gasteiger partial charge < -0.3 is 4.74 Å². The van der Waals surface area contributed by atoms with Crippen LogP contribution in [0.4, 0.5) is 0 Å². The third-order valence-corrected chi connectivity index (χ3v) is 3.55. The van der Waals surface area contributed by atoms with Gasteiger partial charge in [-0.25, -0.2) is 0 Å². The van der Waals surface area contributed by atoms with Gasteiger partial charge in [0.2, 0.25) is 0 Å². The number of aromatic nitrogens is 2. The lowest BCUT2D eigenvalue weighted by molar-refractivity contribution is -0.0162. The quantitative estimate of drug-likeness (QED) is 0.722. The lowest BCUT2D eigenvalue weighted by Gasteiger charge is -2.44. The molecule has 3 rings (SSSR count). The number of morpholine rings is 1. The highest BCUT2D eigenvalue weighted by Crippen LogP contribution is 2.35. The Morgan fingerprint density at radius 3 is 2.60 bits per heavy atom. The minimum Gasteiger partial charge on any atom is -0.379 e. The number of rotatable bonds is 2. The van der Waals surface area contributed by atoms with Crippen LogP contribution in [0.2, 0.25) is 0 Å². The van der Waals surface area contributed by atoms with Gasteiger partial charge in [-0.2, -0.15) is 5.10 Å². The van der Waals surface area contributed by atoms with Crippen molar-refractivity contribution in [2.75, 3.05) is 26.3 Å². The van der Waals surface area contributed by atoms with E-state index in [1.54, 1.807) is 0 Å². The molecule has 4 heteroatoms. The highest BCUT2D eigenvalue weighted by atomic mass is 16.5. The van der Waals surface area contributed by atoms with Crippen molar-refractivity contribution in [3.63, 3.8) is 0 Å². The molecule has 1 aliphatic heterocycles. The standard InChI is InChI=1S/C11H17N3O/c1-2-12-14(3-1)11-8-10(9-11)13-4-6-15-7-5-13/h1-3,10-11H,4-9H2. The summed E-state index contributed by atoms with van der Waals surface area (Å²) in [6, 6.07) is 3.40. The fourth-order valence-corrected chi connectivity index (χ4v) is 2.51. The van der Waals surface area contributed by atoms with Crippen molar-refractivity contribution in [2.24, 2.45) is 0 Å². The van der Waals surface area contributed by atoms with Crippen molar-refractivity contribution >= 4 is 0 Å². The Balaban J connectivity index is 1.53. The van der Waals surface area contributed by atoms with Crippen molar-refractivity contribution in [1.29, 1.82) is 0 Å². The van der Waals surface area contributed by atoms with E-state index in [1.165, 1.54) is 12.8 Å². The molecule has 15 heavy (non-hydrogen) atoms. The Labute approximate surface area is 89.8 Å². The van der Waals surface area contributed by atoms with Crippen LogP contribution in [0.15, 0.2) is 18.5 Å². The summed E-state index contributed by atoms with van der Waals surface area (Å²) in [5.74, 6) is 0. The van der Waals surface area contributed by atoms with E-state index in [2.05, 4.69) is 20.9 Å². The molecule has 2 heterocycles. The zero-order chi connectivity index (χ0) is 10.1. The molecular weight excluding hydrogens is 190 g/mol. The first-order valence-corrected chi connectivity index (χ1v) is 5.74. The molecule has 1 saturated carbocycles. The largest absolute Gasteiger partial charge is 0.379 e. The van der Waals surface area contributed by atoms with Crippen LogP contribution in [0.1, 0.15) is 18.9 Å². The van der Waals surface area contributed by atoms with Gasteiger partial charge in [-0.15, -0.1) is 0 Å². The van der Waals surface area contributed by atoms with E-state index >= 15 is 0 Å². The zero-order valence-corrected chi connectivity index (χ0v) is 8.88. The van der Waals surface area contributed by atoms with Crippen LogP contribution in [0.25, 0.3) is 0 Å². The molecule has 82 valence electrons. The molecule has 0 N–H and O–H groups in total. The van der Waals surface area contributed by atoms with E-state index < -0.39 is 0 Å². The molecule has 0 atom stereocenters. The molecule has 0 unspecified atom stereocenters. The number of hydrogen-bond donors (Lipinski definition) is 0. The predicted octanol–water partition coefficient (Wildman–Crippen LogP) is 0.919. The molecule has 1 aromatic heterocycles. The second kappa shape index (κ2) is 3.94. The van der Waals surface area contributed by atoms with Crippen LogP contribution in [-0.2, 0) is 4.74 Å². The van der Waals surface area contributed by atoms with E-state index in [1.807, 2.05) is 12.3 Å². The fourth-order valence-electron chi connectivity index (χ4n) is 2.51. The van der Waals surface area contributed by atoms with Crippen LogP contribution < -0.4 is 0 Å². The van der Waals surface area contributed by atoms with Gasteiger partial charge in [0.15, 0.2) is 0 Å².